The van der Waals surface area contributed by atoms with Crippen molar-refractivity contribution >= 4 is 34.4 Å². The molecule has 1 heterocycles. The molecule has 3 aromatic carbocycles. The third-order valence-electron chi connectivity index (χ3n) is 5.49. The number of amides is 1. The quantitative estimate of drug-likeness (QED) is 0.320. The van der Waals surface area contributed by atoms with E-state index in [0.29, 0.717) is 5.69 Å². The molecular weight excluding hydrogens is 414 g/mol. The van der Waals surface area contributed by atoms with E-state index >= 15 is 0 Å². The van der Waals surface area contributed by atoms with Gasteiger partial charge < -0.3 is 15.0 Å². The van der Waals surface area contributed by atoms with Crippen LogP contribution in [0.4, 0.5) is 5.69 Å². The second kappa shape index (κ2) is 8.85. The third kappa shape index (κ3) is 4.39. The molecule has 0 spiro atoms. The Morgan fingerprint density at radius 3 is 2.45 bits per heavy atom. The van der Waals surface area contributed by atoms with Gasteiger partial charge in [0.05, 0.1) is 5.56 Å². The van der Waals surface area contributed by atoms with Gasteiger partial charge in [-0.3, -0.25) is 4.79 Å². The number of carbonyl (C=O) groups is 2. The lowest BCUT2D eigenvalue weighted by molar-refractivity contribution is -0.112. The molecule has 0 saturated heterocycles. The van der Waals surface area contributed by atoms with Crippen LogP contribution in [0.2, 0.25) is 0 Å². The molecule has 33 heavy (non-hydrogen) atoms. The Labute approximate surface area is 191 Å². The predicted molar refractivity (Wildman–Crippen MR) is 128 cm³/mol. The highest BCUT2D eigenvalue weighted by molar-refractivity contribution is 6.10. The van der Waals surface area contributed by atoms with E-state index in [4.69, 9.17) is 5.11 Å². The van der Waals surface area contributed by atoms with Crippen LogP contribution in [0.25, 0.3) is 22.5 Å². The first-order valence-corrected chi connectivity index (χ1v) is 10.3. The minimum absolute atomic E-state index is 0.0502. The van der Waals surface area contributed by atoms with Gasteiger partial charge in [-0.15, -0.1) is 0 Å². The van der Waals surface area contributed by atoms with E-state index in [1.807, 2.05) is 44.2 Å². The molecule has 0 bridgehead atoms. The summed E-state index contributed by atoms with van der Waals surface area (Å²) in [6.45, 7) is 3.92. The summed E-state index contributed by atoms with van der Waals surface area (Å²) < 4.78 is 2.08. The zero-order chi connectivity index (χ0) is 23.5. The number of nitriles is 1. The van der Waals surface area contributed by atoms with Crippen molar-refractivity contribution in [2.75, 3.05) is 5.32 Å². The molecule has 4 aromatic rings. The molecule has 2 N–H and O–H groups in total. The molecule has 6 heteroatoms. The van der Waals surface area contributed by atoms with Crippen molar-refractivity contribution in [3.8, 4) is 11.8 Å². The Hall–Kier alpha value is -4.63. The van der Waals surface area contributed by atoms with Gasteiger partial charge in [0.25, 0.3) is 5.91 Å². The normalized spacial score (nSPS) is 11.2. The van der Waals surface area contributed by atoms with Crippen molar-refractivity contribution < 1.29 is 14.7 Å². The lowest BCUT2D eigenvalue weighted by Gasteiger charge is -2.11. The highest BCUT2D eigenvalue weighted by Crippen LogP contribution is 2.26. The van der Waals surface area contributed by atoms with Crippen molar-refractivity contribution in [3.63, 3.8) is 0 Å². The minimum atomic E-state index is -1.09. The van der Waals surface area contributed by atoms with Gasteiger partial charge in [0.15, 0.2) is 0 Å². The lowest BCUT2D eigenvalue weighted by Crippen LogP contribution is -2.14. The van der Waals surface area contributed by atoms with Crippen LogP contribution in [-0.4, -0.2) is 21.6 Å². The Morgan fingerprint density at radius 2 is 1.73 bits per heavy atom. The van der Waals surface area contributed by atoms with Gasteiger partial charge in [0, 0.05) is 22.8 Å². The number of aromatic nitrogens is 1. The lowest BCUT2D eigenvalue weighted by atomic mass is 10.1. The van der Waals surface area contributed by atoms with Gasteiger partial charge in [0.1, 0.15) is 11.6 Å². The summed E-state index contributed by atoms with van der Waals surface area (Å²) in [5, 5.41) is 23.6. The van der Waals surface area contributed by atoms with Crippen LogP contribution < -0.4 is 5.32 Å². The second-order valence-corrected chi connectivity index (χ2v) is 7.70. The van der Waals surface area contributed by atoms with E-state index in [1.54, 1.807) is 12.1 Å². The summed E-state index contributed by atoms with van der Waals surface area (Å²) in [6.07, 6.45) is 1.55. The highest BCUT2D eigenvalue weighted by Gasteiger charge is 2.15. The summed E-state index contributed by atoms with van der Waals surface area (Å²) in [5.74, 6) is -1.70. The molecule has 6 nitrogen and oxygen atoms in total. The molecule has 0 atom stereocenters. The van der Waals surface area contributed by atoms with Gasteiger partial charge in [-0.25, -0.2) is 4.79 Å². The number of aryl methyl sites for hydroxylation is 1. The summed E-state index contributed by atoms with van der Waals surface area (Å²) in [6, 6.07) is 24.1. The first kappa shape index (κ1) is 21.6. The van der Waals surface area contributed by atoms with Crippen molar-refractivity contribution in [2.45, 2.75) is 13.8 Å². The Bertz CT molecular complexity index is 1470. The van der Waals surface area contributed by atoms with Crippen LogP contribution in [0.5, 0.6) is 0 Å². The van der Waals surface area contributed by atoms with E-state index in [0.717, 1.165) is 33.4 Å². The topological polar surface area (TPSA) is 95.1 Å². The fourth-order valence-corrected chi connectivity index (χ4v) is 3.88. The van der Waals surface area contributed by atoms with Crippen molar-refractivity contribution in [1.82, 2.24) is 4.57 Å². The smallest absolute Gasteiger partial charge is 0.335 e. The van der Waals surface area contributed by atoms with E-state index in [-0.39, 0.29) is 11.1 Å². The van der Waals surface area contributed by atoms with E-state index in [9.17, 15) is 14.9 Å². The van der Waals surface area contributed by atoms with Crippen LogP contribution in [0, 0.1) is 25.2 Å². The highest BCUT2D eigenvalue weighted by atomic mass is 16.4. The number of carboxylic acids is 1. The number of benzene rings is 3. The summed E-state index contributed by atoms with van der Waals surface area (Å²) in [5.41, 5.74) is 3.91. The van der Waals surface area contributed by atoms with Crippen molar-refractivity contribution in [1.29, 1.82) is 5.26 Å². The molecule has 0 aliphatic carbocycles. The fourth-order valence-electron chi connectivity index (χ4n) is 3.88. The van der Waals surface area contributed by atoms with Crippen molar-refractivity contribution in [2.24, 2.45) is 0 Å². The number of hydrogen-bond acceptors (Lipinski definition) is 3. The minimum Gasteiger partial charge on any atom is -0.478 e. The number of hydrogen-bond donors (Lipinski definition) is 2. The van der Waals surface area contributed by atoms with Gasteiger partial charge in [-0.2, -0.15) is 5.26 Å². The molecule has 0 saturated carbocycles. The van der Waals surface area contributed by atoms with Crippen LogP contribution in [0.15, 0.2) is 78.4 Å². The average molecular weight is 435 g/mol. The number of aromatic carboxylic acids is 1. The summed E-state index contributed by atoms with van der Waals surface area (Å²) in [7, 11) is 0. The van der Waals surface area contributed by atoms with Crippen LogP contribution in [-0.2, 0) is 4.79 Å². The predicted octanol–water partition coefficient (Wildman–Crippen LogP) is 5.49. The summed E-state index contributed by atoms with van der Waals surface area (Å²) in [4.78, 5) is 23.8. The molecule has 0 radical (unpaired) electrons. The van der Waals surface area contributed by atoms with Gasteiger partial charge in [-0.1, -0.05) is 36.4 Å². The molecule has 1 amide bonds. The van der Waals surface area contributed by atoms with Gasteiger partial charge >= 0.3 is 5.97 Å². The molecule has 0 fully saturated rings. The number of carbonyl (C=O) groups excluding carboxylic acids is 1. The van der Waals surface area contributed by atoms with Gasteiger partial charge in [0.2, 0.25) is 0 Å². The Balaban J connectivity index is 1.66. The maximum atomic E-state index is 12.7. The van der Waals surface area contributed by atoms with E-state index < -0.39 is 11.9 Å². The molecule has 0 unspecified atom stereocenters. The number of fused-ring (bicyclic) bond motifs is 1. The molecule has 162 valence electrons. The molecule has 1 aromatic heterocycles. The average Bonchev–Trinajstić information content (AvgIpc) is 3.09. The second-order valence-electron chi connectivity index (χ2n) is 7.70. The van der Waals surface area contributed by atoms with Crippen LogP contribution in [0.3, 0.4) is 0 Å². The molecule has 4 rings (SSSR count). The molecular formula is C27H21N3O3. The number of anilines is 1. The SMILES string of the molecule is Cc1cc(/C=C(/C#N)C(=O)Nc2cccc(C(=O)O)c2)c(C)n1-c1ccc2ccccc2c1. The number of nitrogens with zero attached hydrogens (tertiary/aromatic N) is 2. The zero-order valence-corrected chi connectivity index (χ0v) is 18.2. The molecule has 0 aliphatic rings. The largest absolute Gasteiger partial charge is 0.478 e. The van der Waals surface area contributed by atoms with Crippen molar-refractivity contribution in [3.05, 3.63) is 101 Å². The van der Waals surface area contributed by atoms with E-state index in [2.05, 4.69) is 34.1 Å². The third-order valence-corrected chi connectivity index (χ3v) is 5.49. The number of rotatable bonds is 5. The monoisotopic (exact) mass is 435 g/mol. The Morgan fingerprint density at radius 1 is 0.970 bits per heavy atom. The van der Waals surface area contributed by atoms with Gasteiger partial charge in [-0.05, 0) is 72.7 Å². The maximum Gasteiger partial charge on any atom is 0.335 e. The maximum absolute atomic E-state index is 12.7. The first-order valence-electron chi connectivity index (χ1n) is 10.3. The van der Waals surface area contributed by atoms with E-state index in [1.165, 1.54) is 18.2 Å². The summed E-state index contributed by atoms with van der Waals surface area (Å²) >= 11 is 0. The van der Waals surface area contributed by atoms with Crippen LogP contribution >= 0.6 is 0 Å². The fraction of sp³-hybridized carbons (Fsp3) is 0.0741. The number of carboxylic acid groups (broad SMARTS) is 1. The Kier molecular flexibility index (Phi) is 5.79. The van der Waals surface area contributed by atoms with Crippen LogP contribution in [0.1, 0.15) is 27.3 Å². The standard InChI is InChI=1S/C27H21N3O3/c1-17-12-22(18(2)30(17)25-11-10-19-6-3-4-7-20(19)15-25)13-23(16-28)26(31)29-24-9-5-8-21(14-24)27(32)33/h3-15H,1-2H3,(H,29,31)(H,32,33)/b23-13-. The number of nitrogens with one attached hydrogen (secondary N) is 1. The zero-order valence-electron chi connectivity index (χ0n) is 18.2. The molecule has 0 aliphatic heterocycles. The first-order chi connectivity index (χ1) is 15.9.